The first-order chi connectivity index (χ1) is 7.62. The zero-order valence-corrected chi connectivity index (χ0v) is 10.4. The van der Waals surface area contributed by atoms with Crippen molar-refractivity contribution in [3.05, 3.63) is 0 Å². The van der Waals surface area contributed by atoms with Gasteiger partial charge in [-0.3, -0.25) is 4.79 Å². The number of ether oxygens (including phenoxy) is 1. The lowest BCUT2D eigenvalue weighted by Crippen LogP contribution is -2.55. The Labute approximate surface area is 97.9 Å². The molecule has 1 rings (SSSR count). The van der Waals surface area contributed by atoms with Gasteiger partial charge in [-0.15, -0.1) is 0 Å². The Bertz CT molecular complexity index is 219. The summed E-state index contributed by atoms with van der Waals surface area (Å²) in [5.74, 6) is 0.000463. The second-order valence-corrected chi connectivity index (χ2v) is 4.78. The van der Waals surface area contributed by atoms with Crippen molar-refractivity contribution in [3.63, 3.8) is 0 Å². The highest BCUT2D eigenvalue weighted by molar-refractivity contribution is 5.86. The molecule has 1 aliphatic rings. The van der Waals surface area contributed by atoms with Crippen molar-refractivity contribution in [1.82, 2.24) is 5.32 Å². The third-order valence-corrected chi connectivity index (χ3v) is 3.29. The van der Waals surface area contributed by atoms with E-state index in [1.165, 1.54) is 0 Å². The monoisotopic (exact) mass is 228 g/mol. The highest BCUT2D eigenvalue weighted by atomic mass is 16.5. The van der Waals surface area contributed by atoms with Crippen LogP contribution in [0.25, 0.3) is 0 Å². The summed E-state index contributed by atoms with van der Waals surface area (Å²) in [7, 11) is 1.66. The normalized spacial score (nSPS) is 20.7. The van der Waals surface area contributed by atoms with E-state index in [1.807, 2.05) is 0 Å². The van der Waals surface area contributed by atoms with Crippen molar-refractivity contribution in [2.24, 2.45) is 5.73 Å². The number of amides is 1. The molecule has 0 aliphatic heterocycles. The van der Waals surface area contributed by atoms with Crippen LogP contribution in [0.3, 0.4) is 0 Å². The van der Waals surface area contributed by atoms with Crippen LogP contribution in [0.5, 0.6) is 0 Å². The fourth-order valence-corrected chi connectivity index (χ4v) is 2.31. The number of carbonyl (C=O) groups excluding carboxylic acids is 1. The van der Waals surface area contributed by atoms with Crippen molar-refractivity contribution < 1.29 is 9.53 Å². The SMILES string of the molecule is CCCC(COC)NC(=O)C1(N)CCCC1. The molecule has 1 saturated carbocycles. The Hall–Kier alpha value is -0.610. The Balaban J connectivity index is 2.46. The number of hydrogen-bond donors (Lipinski definition) is 2. The van der Waals surface area contributed by atoms with Gasteiger partial charge >= 0.3 is 0 Å². The van der Waals surface area contributed by atoms with Crippen LogP contribution in [-0.4, -0.2) is 31.2 Å². The second-order valence-electron chi connectivity index (χ2n) is 4.78. The molecule has 0 heterocycles. The van der Waals surface area contributed by atoms with E-state index in [2.05, 4.69) is 12.2 Å². The van der Waals surface area contributed by atoms with E-state index in [0.717, 1.165) is 38.5 Å². The fraction of sp³-hybridized carbons (Fsp3) is 0.917. The molecule has 4 nitrogen and oxygen atoms in total. The molecule has 0 saturated heterocycles. The first-order valence-corrected chi connectivity index (χ1v) is 6.21. The number of nitrogens with one attached hydrogen (secondary N) is 1. The molecule has 1 atom stereocenters. The third-order valence-electron chi connectivity index (χ3n) is 3.29. The summed E-state index contributed by atoms with van der Waals surface area (Å²) < 4.78 is 5.10. The molecule has 94 valence electrons. The van der Waals surface area contributed by atoms with Crippen LogP contribution in [0, 0.1) is 0 Å². The van der Waals surface area contributed by atoms with Gasteiger partial charge in [-0.1, -0.05) is 26.2 Å². The first-order valence-electron chi connectivity index (χ1n) is 6.21. The zero-order valence-electron chi connectivity index (χ0n) is 10.4. The number of hydrogen-bond acceptors (Lipinski definition) is 3. The van der Waals surface area contributed by atoms with Gasteiger partial charge in [0.2, 0.25) is 5.91 Å². The largest absolute Gasteiger partial charge is 0.383 e. The Morgan fingerprint density at radius 1 is 1.50 bits per heavy atom. The summed E-state index contributed by atoms with van der Waals surface area (Å²) in [5.41, 5.74) is 5.47. The third kappa shape index (κ3) is 3.46. The van der Waals surface area contributed by atoms with Crippen molar-refractivity contribution >= 4 is 5.91 Å². The Morgan fingerprint density at radius 3 is 2.62 bits per heavy atom. The molecule has 0 bridgehead atoms. The lowest BCUT2D eigenvalue weighted by atomic mass is 9.97. The highest BCUT2D eigenvalue weighted by Crippen LogP contribution is 2.27. The minimum Gasteiger partial charge on any atom is -0.383 e. The van der Waals surface area contributed by atoms with Crippen molar-refractivity contribution in [2.75, 3.05) is 13.7 Å². The van der Waals surface area contributed by atoms with Crippen molar-refractivity contribution in [3.8, 4) is 0 Å². The molecule has 16 heavy (non-hydrogen) atoms. The highest BCUT2D eigenvalue weighted by Gasteiger charge is 2.37. The van der Waals surface area contributed by atoms with Crippen molar-refractivity contribution in [2.45, 2.75) is 57.0 Å². The summed E-state index contributed by atoms with van der Waals surface area (Å²) in [5, 5.41) is 3.01. The lowest BCUT2D eigenvalue weighted by molar-refractivity contribution is -0.127. The summed E-state index contributed by atoms with van der Waals surface area (Å²) in [6.07, 6.45) is 5.72. The average Bonchev–Trinajstić information content (AvgIpc) is 2.67. The predicted molar refractivity (Wildman–Crippen MR) is 64.1 cm³/mol. The fourth-order valence-electron chi connectivity index (χ4n) is 2.31. The number of carbonyl (C=O) groups is 1. The van der Waals surface area contributed by atoms with Gasteiger partial charge in [0.1, 0.15) is 0 Å². The van der Waals surface area contributed by atoms with E-state index >= 15 is 0 Å². The molecule has 0 aromatic rings. The molecule has 1 amide bonds. The minimum absolute atomic E-state index is 0.000463. The van der Waals surface area contributed by atoms with Gasteiger partial charge in [0.25, 0.3) is 0 Å². The van der Waals surface area contributed by atoms with Gasteiger partial charge in [-0.05, 0) is 19.3 Å². The minimum atomic E-state index is -0.625. The van der Waals surface area contributed by atoms with Gasteiger partial charge in [0, 0.05) is 7.11 Å². The molecule has 1 aliphatic carbocycles. The molecule has 0 aromatic heterocycles. The second kappa shape index (κ2) is 6.21. The van der Waals surface area contributed by atoms with Crippen LogP contribution < -0.4 is 11.1 Å². The summed E-state index contributed by atoms with van der Waals surface area (Å²) in [6.45, 7) is 2.66. The van der Waals surface area contributed by atoms with Crippen LogP contribution in [-0.2, 0) is 9.53 Å². The zero-order chi connectivity index (χ0) is 12.0. The number of nitrogens with two attached hydrogens (primary N) is 1. The smallest absolute Gasteiger partial charge is 0.240 e. The lowest BCUT2D eigenvalue weighted by Gasteiger charge is -2.26. The van der Waals surface area contributed by atoms with E-state index in [9.17, 15) is 4.79 Å². The van der Waals surface area contributed by atoms with Crippen LogP contribution in [0.4, 0.5) is 0 Å². The van der Waals surface area contributed by atoms with E-state index < -0.39 is 5.54 Å². The number of methoxy groups -OCH3 is 1. The topological polar surface area (TPSA) is 64.3 Å². The predicted octanol–water partition coefficient (Wildman–Crippen LogP) is 1.19. The van der Waals surface area contributed by atoms with Crippen LogP contribution >= 0.6 is 0 Å². The van der Waals surface area contributed by atoms with E-state index in [4.69, 9.17) is 10.5 Å². The first kappa shape index (κ1) is 13.5. The van der Waals surface area contributed by atoms with Crippen LogP contribution in [0.2, 0.25) is 0 Å². The summed E-state index contributed by atoms with van der Waals surface area (Å²) in [4.78, 5) is 12.0. The van der Waals surface area contributed by atoms with Gasteiger partial charge in [-0.2, -0.15) is 0 Å². The Morgan fingerprint density at radius 2 is 2.12 bits per heavy atom. The number of rotatable bonds is 6. The van der Waals surface area contributed by atoms with E-state index in [0.29, 0.717) is 6.61 Å². The van der Waals surface area contributed by atoms with E-state index in [1.54, 1.807) is 7.11 Å². The van der Waals surface area contributed by atoms with Gasteiger partial charge in [-0.25, -0.2) is 0 Å². The summed E-state index contributed by atoms with van der Waals surface area (Å²) >= 11 is 0. The van der Waals surface area contributed by atoms with Gasteiger partial charge < -0.3 is 15.8 Å². The van der Waals surface area contributed by atoms with Crippen molar-refractivity contribution in [1.29, 1.82) is 0 Å². The molecular formula is C12H24N2O2. The Kier molecular flexibility index (Phi) is 5.22. The summed E-state index contributed by atoms with van der Waals surface area (Å²) in [6, 6.07) is 0.100. The maximum absolute atomic E-state index is 12.0. The van der Waals surface area contributed by atoms with Gasteiger partial charge in [0.05, 0.1) is 18.2 Å². The molecule has 0 aromatic carbocycles. The molecule has 0 spiro atoms. The molecule has 1 fully saturated rings. The van der Waals surface area contributed by atoms with Gasteiger partial charge in [0.15, 0.2) is 0 Å². The molecular weight excluding hydrogens is 204 g/mol. The molecule has 3 N–H and O–H groups in total. The van der Waals surface area contributed by atoms with Crippen LogP contribution in [0.15, 0.2) is 0 Å². The maximum atomic E-state index is 12.0. The quantitative estimate of drug-likeness (QED) is 0.717. The van der Waals surface area contributed by atoms with E-state index in [-0.39, 0.29) is 11.9 Å². The maximum Gasteiger partial charge on any atom is 0.240 e. The standard InChI is InChI=1S/C12H24N2O2/c1-3-6-10(9-16-2)14-11(15)12(13)7-4-5-8-12/h10H,3-9,13H2,1-2H3,(H,14,15). The molecule has 1 unspecified atom stereocenters. The van der Waals surface area contributed by atoms with Crippen LogP contribution in [0.1, 0.15) is 45.4 Å². The molecule has 0 radical (unpaired) electrons. The molecule has 4 heteroatoms. The average molecular weight is 228 g/mol.